The average molecular weight is 323 g/mol. The van der Waals surface area contributed by atoms with Crippen LogP contribution in [0.15, 0.2) is 18.2 Å². The molecule has 0 heterocycles. The highest BCUT2D eigenvalue weighted by Crippen LogP contribution is 2.15. The Bertz CT molecular complexity index is 333. The van der Waals surface area contributed by atoms with Crippen LogP contribution in [0.4, 0.5) is 4.39 Å². The molecule has 1 nitrogen and oxygen atoms in total. The zero-order valence-corrected chi connectivity index (χ0v) is 12.2. The summed E-state index contributed by atoms with van der Waals surface area (Å²) < 4.78 is 12.9. The predicted octanol–water partition coefficient (Wildman–Crippen LogP) is 4.52. The van der Waals surface area contributed by atoms with Gasteiger partial charge in [0, 0.05) is 11.9 Å². The van der Waals surface area contributed by atoms with Crippen molar-refractivity contribution in [1.29, 1.82) is 0 Å². The Labute approximate surface area is 116 Å². The van der Waals surface area contributed by atoms with E-state index in [0.717, 1.165) is 24.0 Å². The maximum atomic E-state index is 12.9. The minimum atomic E-state index is -0.356. The van der Waals surface area contributed by atoms with Gasteiger partial charge in [0.15, 0.2) is 0 Å². The van der Waals surface area contributed by atoms with E-state index in [9.17, 15) is 4.39 Å². The van der Waals surface area contributed by atoms with Crippen LogP contribution in [0.5, 0.6) is 0 Å². The molecule has 0 bridgehead atoms. The maximum absolute atomic E-state index is 12.9. The van der Waals surface area contributed by atoms with Crippen LogP contribution in [0.25, 0.3) is 0 Å². The van der Waals surface area contributed by atoms with E-state index in [4.69, 9.17) is 11.6 Å². The molecule has 1 rings (SSSR count). The van der Waals surface area contributed by atoms with Crippen LogP contribution < -0.4 is 5.32 Å². The van der Waals surface area contributed by atoms with Gasteiger partial charge in [-0.3, -0.25) is 0 Å². The summed E-state index contributed by atoms with van der Waals surface area (Å²) in [5.41, 5.74) is 1.02. The molecule has 0 fully saturated rings. The Kier molecular flexibility index (Phi) is 7.82. The first-order valence-electron chi connectivity index (χ1n) is 5.94. The number of benzene rings is 1. The Hall–Kier alpha value is -0.120. The molecule has 0 saturated heterocycles. The molecule has 0 aromatic heterocycles. The largest absolute Gasteiger partial charge is 0.313 e. The normalized spacial score (nSPS) is 10.8. The SMILES string of the molecule is Fc1ccc(CNCCCCCCBr)cc1Cl. The smallest absolute Gasteiger partial charge is 0.141 e. The molecule has 0 radical (unpaired) electrons. The highest BCUT2D eigenvalue weighted by molar-refractivity contribution is 9.09. The average Bonchev–Trinajstić information content (AvgIpc) is 2.32. The van der Waals surface area contributed by atoms with Crippen LogP contribution in [0, 0.1) is 5.82 Å². The Morgan fingerprint density at radius 2 is 1.94 bits per heavy atom. The molecule has 1 aromatic carbocycles. The van der Waals surface area contributed by atoms with Gasteiger partial charge < -0.3 is 5.32 Å². The van der Waals surface area contributed by atoms with Crippen molar-refractivity contribution in [2.45, 2.75) is 32.2 Å². The van der Waals surface area contributed by atoms with Gasteiger partial charge in [-0.25, -0.2) is 4.39 Å². The summed E-state index contributed by atoms with van der Waals surface area (Å²) >= 11 is 9.12. The molecule has 0 spiro atoms. The van der Waals surface area contributed by atoms with Crippen molar-refractivity contribution in [3.63, 3.8) is 0 Å². The van der Waals surface area contributed by atoms with E-state index < -0.39 is 0 Å². The summed E-state index contributed by atoms with van der Waals surface area (Å²) in [6.45, 7) is 1.75. The van der Waals surface area contributed by atoms with Gasteiger partial charge in [0.1, 0.15) is 5.82 Å². The molecule has 1 N–H and O–H groups in total. The fraction of sp³-hybridized carbons (Fsp3) is 0.538. The first kappa shape index (κ1) is 14.9. The summed E-state index contributed by atoms with van der Waals surface area (Å²) in [6.07, 6.45) is 4.95. The Morgan fingerprint density at radius 3 is 2.65 bits per heavy atom. The molecule has 0 aliphatic carbocycles. The second-order valence-electron chi connectivity index (χ2n) is 4.03. The topological polar surface area (TPSA) is 12.0 Å². The van der Waals surface area contributed by atoms with Gasteiger partial charge in [0.2, 0.25) is 0 Å². The Morgan fingerprint density at radius 1 is 1.18 bits per heavy atom. The number of hydrogen-bond donors (Lipinski definition) is 1. The van der Waals surface area contributed by atoms with Gasteiger partial charge in [-0.1, -0.05) is 46.4 Å². The molecule has 0 unspecified atom stereocenters. The standard InChI is InChI=1S/C13H18BrClFN/c14-7-3-1-2-4-8-17-10-11-5-6-13(16)12(15)9-11/h5-6,9,17H,1-4,7-8,10H2. The quantitative estimate of drug-likeness (QED) is 0.548. The van der Waals surface area contributed by atoms with E-state index in [2.05, 4.69) is 21.2 Å². The predicted molar refractivity (Wildman–Crippen MR) is 75.4 cm³/mol. The minimum Gasteiger partial charge on any atom is -0.313 e. The van der Waals surface area contributed by atoms with Crippen LogP contribution in [0.2, 0.25) is 5.02 Å². The third kappa shape index (κ3) is 6.39. The highest BCUT2D eigenvalue weighted by Gasteiger charge is 2.00. The lowest BCUT2D eigenvalue weighted by Gasteiger charge is -2.05. The van der Waals surface area contributed by atoms with Crippen molar-refractivity contribution < 1.29 is 4.39 Å². The highest BCUT2D eigenvalue weighted by atomic mass is 79.9. The summed E-state index contributed by atoms with van der Waals surface area (Å²) in [6, 6.07) is 4.85. The second-order valence-corrected chi connectivity index (χ2v) is 5.23. The third-order valence-corrected chi connectivity index (χ3v) is 3.40. The molecule has 0 aliphatic heterocycles. The molecule has 0 atom stereocenters. The van der Waals surface area contributed by atoms with Gasteiger partial charge in [0.25, 0.3) is 0 Å². The number of hydrogen-bond acceptors (Lipinski definition) is 1. The van der Waals surface area contributed by atoms with Crippen molar-refractivity contribution in [3.05, 3.63) is 34.6 Å². The van der Waals surface area contributed by atoms with Crippen molar-refractivity contribution in [2.75, 3.05) is 11.9 Å². The van der Waals surface area contributed by atoms with Gasteiger partial charge >= 0.3 is 0 Å². The summed E-state index contributed by atoms with van der Waals surface area (Å²) in [4.78, 5) is 0. The van der Waals surface area contributed by atoms with Gasteiger partial charge in [0.05, 0.1) is 5.02 Å². The molecule has 96 valence electrons. The lowest BCUT2D eigenvalue weighted by molar-refractivity contribution is 0.597. The number of alkyl halides is 1. The molecule has 0 aliphatic rings. The molecule has 17 heavy (non-hydrogen) atoms. The molecule has 0 saturated carbocycles. The van der Waals surface area contributed by atoms with Crippen LogP contribution in [0.3, 0.4) is 0 Å². The lowest BCUT2D eigenvalue weighted by atomic mass is 10.2. The monoisotopic (exact) mass is 321 g/mol. The lowest BCUT2D eigenvalue weighted by Crippen LogP contribution is -2.14. The molecule has 1 aromatic rings. The second kappa shape index (κ2) is 8.90. The number of halogens is 3. The Balaban J connectivity index is 2.11. The van der Waals surface area contributed by atoms with Crippen LogP contribution in [-0.4, -0.2) is 11.9 Å². The number of unbranched alkanes of at least 4 members (excludes halogenated alkanes) is 3. The minimum absolute atomic E-state index is 0.196. The van der Waals surface area contributed by atoms with Gasteiger partial charge in [-0.05, 0) is 37.1 Å². The van der Waals surface area contributed by atoms with Crippen LogP contribution in [0.1, 0.15) is 31.2 Å². The van der Waals surface area contributed by atoms with Crippen molar-refractivity contribution in [2.24, 2.45) is 0 Å². The first-order chi connectivity index (χ1) is 8.24. The number of rotatable bonds is 8. The van der Waals surface area contributed by atoms with E-state index in [-0.39, 0.29) is 10.8 Å². The molecule has 0 amide bonds. The third-order valence-electron chi connectivity index (χ3n) is 2.55. The maximum Gasteiger partial charge on any atom is 0.141 e. The van der Waals surface area contributed by atoms with E-state index in [1.807, 2.05) is 0 Å². The van der Waals surface area contributed by atoms with Crippen molar-refractivity contribution in [1.82, 2.24) is 5.32 Å². The number of nitrogens with one attached hydrogen (secondary N) is 1. The summed E-state index contributed by atoms with van der Waals surface area (Å²) in [5.74, 6) is -0.356. The summed E-state index contributed by atoms with van der Waals surface area (Å²) in [7, 11) is 0. The summed E-state index contributed by atoms with van der Waals surface area (Å²) in [5, 5.41) is 4.62. The first-order valence-corrected chi connectivity index (χ1v) is 7.44. The molecule has 4 heteroatoms. The zero-order chi connectivity index (χ0) is 12.5. The molecular weight excluding hydrogens is 305 g/mol. The zero-order valence-electron chi connectivity index (χ0n) is 9.82. The van der Waals surface area contributed by atoms with E-state index in [1.165, 1.54) is 31.7 Å². The molecular formula is C13H18BrClFN. The van der Waals surface area contributed by atoms with Gasteiger partial charge in [-0.2, -0.15) is 0 Å². The fourth-order valence-corrected chi connectivity index (χ4v) is 2.18. The fourth-order valence-electron chi connectivity index (χ4n) is 1.58. The van der Waals surface area contributed by atoms with Crippen LogP contribution in [-0.2, 0) is 6.54 Å². The van der Waals surface area contributed by atoms with Gasteiger partial charge in [-0.15, -0.1) is 0 Å². The van der Waals surface area contributed by atoms with Crippen molar-refractivity contribution in [3.8, 4) is 0 Å². The van der Waals surface area contributed by atoms with E-state index in [0.29, 0.717) is 0 Å². The van der Waals surface area contributed by atoms with E-state index >= 15 is 0 Å². The van der Waals surface area contributed by atoms with Crippen molar-refractivity contribution >= 4 is 27.5 Å². The van der Waals surface area contributed by atoms with E-state index in [1.54, 1.807) is 12.1 Å². The van der Waals surface area contributed by atoms with Crippen LogP contribution >= 0.6 is 27.5 Å².